The van der Waals surface area contributed by atoms with E-state index in [4.69, 9.17) is 0 Å². The number of amides is 1. The molecule has 0 saturated heterocycles. The zero-order valence-corrected chi connectivity index (χ0v) is 16.5. The molecule has 1 amide bonds. The average Bonchev–Trinajstić information content (AvgIpc) is 2.69. The van der Waals surface area contributed by atoms with Crippen molar-refractivity contribution in [1.29, 1.82) is 0 Å². The molecule has 2 nitrogen and oxygen atoms in total. The number of carbonyl (C=O) groups excluding carboxylic acids is 1. The number of nitrogens with one attached hydrogen (secondary N) is 1. The fourth-order valence-electron chi connectivity index (χ4n) is 3.78. The van der Waals surface area contributed by atoms with Gasteiger partial charge in [-0.15, -0.1) is 0 Å². The molecule has 2 aromatic rings. The summed E-state index contributed by atoms with van der Waals surface area (Å²) in [7, 11) is 0. The van der Waals surface area contributed by atoms with Crippen molar-refractivity contribution in [3.8, 4) is 0 Å². The highest BCUT2D eigenvalue weighted by molar-refractivity contribution is 5.94. The van der Waals surface area contributed by atoms with Gasteiger partial charge in [0, 0.05) is 11.6 Å². The minimum atomic E-state index is 0.0564. The van der Waals surface area contributed by atoms with Gasteiger partial charge in [-0.25, -0.2) is 0 Å². The second kappa shape index (κ2) is 9.55. The molecular formula is C25H31NO. The summed E-state index contributed by atoms with van der Waals surface area (Å²) in [6.45, 7) is 4.32. The molecule has 0 unspecified atom stereocenters. The summed E-state index contributed by atoms with van der Waals surface area (Å²) in [6, 6.07) is 18.9. The van der Waals surface area contributed by atoms with Crippen molar-refractivity contribution < 1.29 is 4.79 Å². The van der Waals surface area contributed by atoms with Crippen LogP contribution in [0.1, 0.15) is 61.0 Å². The number of rotatable bonds is 6. The van der Waals surface area contributed by atoms with E-state index in [0.717, 1.165) is 36.3 Å². The predicted octanol–water partition coefficient (Wildman–Crippen LogP) is 5.89. The molecule has 1 aliphatic carbocycles. The van der Waals surface area contributed by atoms with Gasteiger partial charge in [-0.3, -0.25) is 4.79 Å². The van der Waals surface area contributed by atoms with Crippen LogP contribution >= 0.6 is 0 Å². The molecule has 1 fully saturated rings. The lowest BCUT2D eigenvalue weighted by atomic mass is 9.82. The van der Waals surface area contributed by atoms with Gasteiger partial charge in [0.05, 0.1) is 0 Å². The Morgan fingerprint density at radius 1 is 1.00 bits per heavy atom. The van der Waals surface area contributed by atoms with Crippen molar-refractivity contribution in [2.45, 2.75) is 52.0 Å². The number of hydrogen-bond acceptors (Lipinski definition) is 1. The van der Waals surface area contributed by atoms with Crippen LogP contribution in [0.2, 0.25) is 0 Å². The highest BCUT2D eigenvalue weighted by Crippen LogP contribution is 2.27. The van der Waals surface area contributed by atoms with Crippen molar-refractivity contribution in [1.82, 2.24) is 5.32 Å². The van der Waals surface area contributed by atoms with Crippen LogP contribution in [0.25, 0.3) is 6.08 Å². The van der Waals surface area contributed by atoms with Crippen molar-refractivity contribution in [2.24, 2.45) is 11.8 Å². The Kier molecular flexibility index (Phi) is 6.86. The molecule has 142 valence electrons. The van der Waals surface area contributed by atoms with Gasteiger partial charge in [-0.05, 0) is 67.2 Å². The lowest BCUT2D eigenvalue weighted by Crippen LogP contribution is -2.37. The molecule has 0 heterocycles. The predicted molar refractivity (Wildman–Crippen MR) is 114 cm³/mol. The van der Waals surface area contributed by atoms with Crippen LogP contribution < -0.4 is 5.32 Å². The summed E-state index contributed by atoms with van der Waals surface area (Å²) in [4.78, 5) is 12.5. The Morgan fingerprint density at radius 3 is 2.30 bits per heavy atom. The highest BCUT2D eigenvalue weighted by Gasteiger charge is 2.22. The van der Waals surface area contributed by atoms with E-state index < -0.39 is 0 Å². The average molecular weight is 362 g/mol. The second-order valence-corrected chi connectivity index (χ2v) is 8.11. The monoisotopic (exact) mass is 361 g/mol. The van der Waals surface area contributed by atoms with Gasteiger partial charge < -0.3 is 5.32 Å². The van der Waals surface area contributed by atoms with E-state index in [1.54, 1.807) is 0 Å². The van der Waals surface area contributed by atoms with Gasteiger partial charge >= 0.3 is 0 Å². The van der Waals surface area contributed by atoms with E-state index in [0.29, 0.717) is 12.0 Å². The minimum absolute atomic E-state index is 0.0564. The minimum Gasteiger partial charge on any atom is -0.349 e. The Bertz CT molecular complexity index is 738. The molecule has 0 bridgehead atoms. The van der Waals surface area contributed by atoms with Crippen LogP contribution in [0.5, 0.6) is 0 Å². The summed E-state index contributed by atoms with van der Waals surface area (Å²) in [6.07, 6.45) is 9.99. The molecule has 1 N–H and O–H groups in total. The third-order valence-corrected chi connectivity index (χ3v) is 5.40. The molecule has 0 aliphatic heterocycles. The Hall–Kier alpha value is -2.35. The highest BCUT2D eigenvalue weighted by atomic mass is 16.1. The van der Waals surface area contributed by atoms with Crippen molar-refractivity contribution in [2.75, 3.05) is 0 Å². The fourth-order valence-corrected chi connectivity index (χ4v) is 3.78. The first kappa shape index (κ1) is 19.4. The lowest BCUT2D eigenvalue weighted by molar-refractivity contribution is 0.0922. The standard InChI is InChI=1S/C25H31NO/c1-19(2)8-9-20-10-14-23(15-11-20)25(27)26-24-16-12-22(13-17-24)18-21-6-4-3-5-7-21/h3-11,14-15,19,22,24H,12-13,16-18H2,1-2H3,(H,26,27). The lowest BCUT2D eigenvalue weighted by Gasteiger charge is -2.29. The first-order valence-electron chi connectivity index (χ1n) is 10.2. The van der Waals surface area contributed by atoms with Crippen molar-refractivity contribution in [3.63, 3.8) is 0 Å². The van der Waals surface area contributed by atoms with E-state index in [-0.39, 0.29) is 5.91 Å². The molecule has 0 radical (unpaired) electrons. The van der Waals surface area contributed by atoms with Gasteiger partial charge in [0.25, 0.3) is 5.91 Å². The topological polar surface area (TPSA) is 29.1 Å². The molecule has 0 spiro atoms. The van der Waals surface area contributed by atoms with Gasteiger partial charge in [-0.1, -0.05) is 68.5 Å². The number of hydrogen-bond donors (Lipinski definition) is 1. The maximum Gasteiger partial charge on any atom is 0.251 e. The summed E-state index contributed by atoms with van der Waals surface area (Å²) in [5, 5.41) is 3.23. The van der Waals surface area contributed by atoms with Crippen molar-refractivity contribution >= 4 is 12.0 Å². The van der Waals surface area contributed by atoms with Crippen LogP contribution in [0.15, 0.2) is 60.7 Å². The van der Waals surface area contributed by atoms with Crippen LogP contribution in [-0.2, 0) is 6.42 Å². The zero-order chi connectivity index (χ0) is 19.1. The molecule has 1 aliphatic rings. The summed E-state index contributed by atoms with van der Waals surface area (Å²) < 4.78 is 0. The number of carbonyl (C=O) groups is 1. The fraction of sp³-hybridized carbons (Fsp3) is 0.400. The molecule has 2 aromatic carbocycles. The van der Waals surface area contributed by atoms with Crippen molar-refractivity contribution in [3.05, 3.63) is 77.4 Å². The van der Waals surface area contributed by atoms with Gasteiger partial charge in [0.2, 0.25) is 0 Å². The van der Waals surface area contributed by atoms with E-state index in [1.165, 1.54) is 18.4 Å². The smallest absolute Gasteiger partial charge is 0.251 e. The first-order valence-corrected chi connectivity index (χ1v) is 10.2. The number of benzene rings is 2. The largest absolute Gasteiger partial charge is 0.349 e. The third-order valence-electron chi connectivity index (χ3n) is 5.40. The summed E-state index contributed by atoms with van der Waals surface area (Å²) in [5.74, 6) is 1.33. The second-order valence-electron chi connectivity index (χ2n) is 8.11. The number of allylic oxidation sites excluding steroid dienone is 1. The molecule has 0 atom stereocenters. The Balaban J connectivity index is 1.46. The van der Waals surface area contributed by atoms with E-state index >= 15 is 0 Å². The molecule has 3 rings (SSSR count). The van der Waals surface area contributed by atoms with E-state index in [9.17, 15) is 4.79 Å². The van der Waals surface area contributed by atoms with E-state index in [2.05, 4.69) is 61.6 Å². The molecule has 0 aromatic heterocycles. The summed E-state index contributed by atoms with van der Waals surface area (Å²) in [5.41, 5.74) is 3.32. The van der Waals surface area contributed by atoms with Crippen LogP contribution in [0, 0.1) is 11.8 Å². The Labute approximate surface area is 163 Å². The molecular weight excluding hydrogens is 330 g/mol. The van der Waals surface area contributed by atoms with Gasteiger partial charge in [0.15, 0.2) is 0 Å². The Morgan fingerprint density at radius 2 is 1.67 bits per heavy atom. The first-order chi connectivity index (χ1) is 13.1. The maximum absolute atomic E-state index is 12.5. The van der Waals surface area contributed by atoms with E-state index in [1.807, 2.05) is 24.3 Å². The SMILES string of the molecule is CC(C)C=Cc1ccc(C(=O)NC2CCC(Cc3ccccc3)CC2)cc1. The van der Waals surface area contributed by atoms with Gasteiger partial charge in [-0.2, -0.15) is 0 Å². The third kappa shape index (κ3) is 6.09. The molecule has 2 heteroatoms. The molecule has 1 saturated carbocycles. The normalized spacial score (nSPS) is 20.1. The summed E-state index contributed by atoms with van der Waals surface area (Å²) >= 11 is 0. The molecule has 27 heavy (non-hydrogen) atoms. The quantitative estimate of drug-likeness (QED) is 0.683. The van der Waals surface area contributed by atoms with Crippen LogP contribution in [0.4, 0.5) is 0 Å². The van der Waals surface area contributed by atoms with Gasteiger partial charge in [0.1, 0.15) is 0 Å². The van der Waals surface area contributed by atoms with Crippen LogP contribution in [0.3, 0.4) is 0 Å². The van der Waals surface area contributed by atoms with Crippen LogP contribution in [-0.4, -0.2) is 11.9 Å². The zero-order valence-electron chi connectivity index (χ0n) is 16.5. The maximum atomic E-state index is 12.5.